The highest BCUT2D eigenvalue weighted by Gasteiger charge is 2.07. The Hall–Kier alpha value is -1.84. The molecule has 2 rings (SSSR count). The SMILES string of the molecule is O=C(OOCc1ccccc1Cl)c1ccccc1. The Bertz CT molecular complexity index is 526. The highest BCUT2D eigenvalue weighted by atomic mass is 35.5. The third kappa shape index (κ3) is 3.32. The summed E-state index contributed by atoms with van der Waals surface area (Å²) in [6.45, 7) is 0.123. The average molecular weight is 263 g/mol. The van der Waals surface area contributed by atoms with Crippen LogP contribution in [0.2, 0.25) is 5.02 Å². The summed E-state index contributed by atoms with van der Waals surface area (Å²) in [6.07, 6.45) is 0. The molecular weight excluding hydrogens is 252 g/mol. The smallest absolute Gasteiger partial charge is 0.292 e. The minimum absolute atomic E-state index is 0.123. The number of rotatable bonds is 4. The summed E-state index contributed by atoms with van der Waals surface area (Å²) in [5.74, 6) is -0.525. The van der Waals surface area contributed by atoms with Crippen LogP contribution in [0.4, 0.5) is 0 Å². The van der Waals surface area contributed by atoms with Gasteiger partial charge in [0.1, 0.15) is 6.61 Å². The van der Waals surface area contributed by atoms with E-state index in [0.717, 1.165) is 5.56 Å². The zero-order valence-corrected chi connectivity index (χ0v) is 10.3. The summed E-state index contributed by atoms with van der Waals surface area (Å²) in [4.78, 5) is 21.1. The quantitative estimate of drug-likeness (QED) is 0.623. The van der Waals surface area contributed by atoms with Crippen molar-refractivity contribution in [2.45, 2.75) is 6.61 Å². The largest absolute Gasteiger partial charge is 0.373 e. The Labute approximate surface area is 110 Å². The molecule has 4 heteroatoms. The monoisotopic (exact) mass is 262 g/mol. The van der Waals surface area contributed by atoms with E-state index in [1.54, 1.807) is 36.4 Å². The van der Waals surface area contributed by atoms with E-state index in [1.807, 2.05) is 18.2 Å². The van der Waals surface area contributed by atoms with Crippen LogP contribution >= 0.6 is 11.6 Å². The Morgan fingerprint density at radius 2 is 1.67 bits per heavy atom. The van der Waals surface area contributed by atoms with Gasteiger partial charge in [-0.1, -0.05) is 48.0 Å². The standard InChI is InChI=1S/C14H11ClO3/c15-13-9-5-4-8-12(13)10-17-18-14(16)11-6-2-1-3-7-11/h1-9H,10H2. The Kier molecular flexibility index (Phi) is 4.34. The minimum Gasteiger partial charge on any atom is -0.292 e. The highest BCUT2D eigenvalue weighted by molar-refractivity contribution is 6.31. The second-order valence-electron chi connectivity index (χ2n) is 3.59. The molecule has 0 bridgehead atoms. The van der Waals surface area contributed by atoms with Crippen LogP contribution in [0.3, 0.4) is 0 Å². The van der Waals surface area contributed by atoms with Crippen molar-refractivity contribution in [1.29, 1.82) is 0 Å². The van der Waals surface area contributed by atoms with Crippen LogP contribution in [0.25, 0.3) is 0 Å². The molecule has 3 nitrogen and oxygen atoms in total. The van der Waals surface area contributed by atoms with E-state index in [4.69, 9.17) is 16.5 Å². The van der Waals surface area contributed by atoms with Crippen molar-refractivity contribution in [3.05, 3.63) is 70.7 Å². The zero-order chi connectivity index (χ0) is 12.8. The van der Waals surface area contributed by atoms with Crippen LogP contribution in [0.5, 0.6) is 0 Å². The molecule has 0 radical (unpaired) electrons. The molecule has 0 aliphatic carbocycles. The van der Waals surface area contributed by atoms with E-state index in [-0.39, 0.29) is 6.61 Å². The number of halogens is 1. The van der Waals surface area contributed by atoms with Gasteiger partial charge in [0.05, 0.1) is 5.56 Å². The normalized spacial score (nSPS) is 10.1. The van der Waals surface area contributed by atoms with Crippen molar-refractivity contribution >= 4 is 17.6 Å². The molecule has 0 N–H and O–H groups in total. The van der Waals surface area contributed by atoms with Crippen molar-refractivity contribution < 1.29 is 14.6 Å². The van der Waals surface area contributed by atoms with Crippen LogP contribution in [0, 0.1) is 0 Å². The zero-order valence-electron chi connectivity index (χ0n) is 9.51. The Morgan fingerprint density at radius 1 is 1.00 bits per heavy atom. The fourth-order valence-corrected chi connectivity index (χ4v) is 1.57. The topological polar surface area (TPSA) is 35.5 Å². The van der Waals surface area contributed by atoms with Gasteiger partial charge in [-0.25, -0.2) is 4.79 Å². The molecule has 0 amide bonds. The summed E-state index contributed by atoms with van der Waals surface area (Å²) in [7, 11) is 0. The van der Waals surface area contributed by atoms with E-state index >= 15 is 0 Å². The van der Waals surface area contributed by atoms with Gasteiger partial charge in [0.25, 0.3) is 0 Å². The maximum Gasteiger partial charge on any atom is 0.373 e. The molecule has 92 valence electrons. The van der Waals surface area contributed by atoms with Crippen LogP contribution < -0.4 is 0 Å². The maximum atomic E-state index is 11.5. The first-order valence-electron chi connectivity index (χ1n) is 5.39. The number of hydrogen-bond donors (Lipinski definition) is 0. The van der Waals surface area contributed by atoms with E-state index < -0.39 is 5.97 Å². The van der Waals surface area contributed by atoms with Crippen LogP contribution in [-0.2, 0) is 16.4 Å². The van der Waals surface area contributed by atoms with Gasteiger partial charge < -0.3 is 0 Å². The summed E-state index contributed by atoms with van der Waals surface area (Å²) < 4.78 is 0. The Balaban J connectivity index is 1.86. The van der Waals surface area contributed by atoms with Crippen molar-refractivity contribution in [2.24, 2.45) is 0 Å². The predicted molar refractivity (Wildman–Crippen MR) is 68.1 cm³/mol. The lowest BCUT2D eigenvalue weighted by molar-refractivity contribution is -0.250. The van der Waals surface area contributed by atoms with Gasteiger partial charge in [-0.2, -0.15) is 4.89 Å². The van der Waals surface area contributed by atoms with E-state index in [2.05, 4.69) is 4.89 Å². The molecule has 0 saturated carbocycles. The van der Waals surface area contributed by atoms with Crippen molar-refractivity contribution in [2.75, 3.05) is 0 Å². The maximum absolute atomic E-state index is 11.5. The van der Waals surface area contributed by atoms with Crippen molar-refractivity contribution in [3.63, 3.8) is 0 Å². The van der Waals surface area contributed by atoms with E-state index in [9.17, 15) is 4.79 Å². The summed E-state index contributed by atoms with van der Waals surface area (Å²) in [5.41, 5.74) is 1.21. The lowest BCUT2D eigenvalue weighted by atomic mass is 10.2. The molecule has 0 heterocycles. The lowest BCUT2D eigenvalue weighted by Crippen LogP contribution is -2.06. The number of benzene rings is 2. The fourth-order valence-electron chi connectivity index (χ4n) is 1.38. The molecule has 0 atom stereocenters. The van der Waals surface area contributed by atoms with Gasteiger partial charge >= 0.3 is 5.97 Å². The predicted octanol–water partition coefficient (Wildman–Crippen LogP) is 3.63. The van der Waals surface area contributed by atoms with Gasteiger partial charge in [0.15, 0.2) is 0 Å². The summed E-state index contributed by atoms with van der Waals surface area (Å²) >= 11 is 5.94. The molecule has 2 aromatic carbocycles. The molecule has 0 aliphatic heterocycles. The first kappa shape index (κ1) is 12.6. The molecule has 18 heavy (non-hydrogen) atoms. The first-order chi connectivity index (χ1) is 8.77. The molecule has 0 spiro atoms. The molecule has 0 saturated heterocycles. The molecule has 0 aliphatic rings. The number of carbonyl (C=O) groups excluding carboxylic acids is 1. The fraction of sp³-hybridized carbons (Fsp3) is 0.0714. The van der Waals surface area contributed by atoms with Crippen LogP contribution in [0.1, 0.15) is 15.9 Å². The second kappa shape index (κ2) is 6.19. The molecular formula is C14H11ClO3. The van der Waals surface area contributed by atoms with Crippen molar-refractivity contribution in [3.8, 4) is 0 Å². The second-order valence-corrected chi connectivity index (χ2v) is 4.00. The highest BCUT2D eigenvalue weighted by Crippen LogP contribution is 2.16. The Morgan fingerprint density at radius 3 is 2.39 bits per heavy atom. The van der Waals surface area contributed by atoms with Gasteiger partial charge in [-0.05, 0) is 18.2 Å². The molecule has 0 unspecified atom stereocenters. The van der Waals surface area contributed by atoms with Crippen LogP contribution in [-0.4, -0.2) is 5.97 Å². The third-order valence-electron chi connectivity index (χ3n) is 2.32. The number of hydrogen-bond acceptors (Lipinski definition) is 3. The molecule has 0 aromatic heterocycles. The van der Waals surface area contributed by atoms with Crippen LogP contribution in [0.15, 0.2) is 54.6 Å². The van der Waals surface area contributed by atoms with Gasteiger partial charge in [0.2, 0.25) is 0 Å². The number of carbonyl (C=O) groups is 1. The van der Waals surface area contributed by atoms with E-state index in [0.29, 0.717) is 10.6 Å². The third-order valence-corrected chi connectivity index (χ3v) is 2.69. The summed E-state index contributed by atoms with van der Waals surface area (Å²) in [6, 6.07) is 15.8. The van der Waals surface area contributed by atoms with Gasteiger partial charge in [-0.3, -0.25) is 4.89 Å². The summed E-state index contributed by atoms with van der Waals surface area (Å²) in [5, 5.41) is 0.577. The first-order valence-corrected chi connectivity index (χ1v) is 5.77. The minimum atomic E-state index is -0.525. The molecule has 2 aromatic rings. The van der Waals surface area contributed by atoms with E-state index in [1.165, 1.54) is 0 Å². The van der Waals surface area contributed by atoms with Gasteiger partial charge in [-0.15, -0.1) is 0 Å². The van der Waals surface area contributed by atoms with Crippen molar-refractivity contribution in [1.82, 2.24) is 0 Å². The van der Waals surface area contributed by atoms with Gasteiger partial charge in [0, 0.05) is 10.6 Å². The molecule has 0 fully saturated rings. The average Bonchev–Trinajstić information content (AvgIpc) is 2.42. The lowest BCUT2D eigenvalue weighted by Gasteiger charge is -2.05.